The average Bonchev–Trinajstić information content (AvgIpc) is 2.96. The summed E-state index contributed by atoms with van der Waals surface area (Å²) in [5.41, 5.74) is 0.485. The van der Waals surface area contributed by atoms with Gasteiger partial charge in [0.2, 0.25) is 5.95 Å². The number of aromatic nitrogens is 4. The predicted octanol–water partition coefficient (Wildman–Crippen LogP) is 1.54. The van der Waals surface area contributed by atoms with Gasteiger partial charge in [-0.1, -0.05) is 0 Å². The van der Waals surface area contributed by atoms with Crippen LogP contribution in [0, 0.1) is 0 Å². The molecule has 1 aliphatic heterocycles. The number of hydrogen-bond donors (Lipinski definition) is 0. The molecule has 1 saturated heterocycles. The minimum absolute atomic E-state index is 0.114. The molecule has 3 heterocycles. The van der Waals surface area contributed by atoms with E-state index in [1.165, 1.54) is 4.68 Å². The SMILES string of the molecule is CN(C)c1nccc(N2CCN(Cc3cn(C)nc3C(F)F)CC2)n1. The van der Waals surface area contributed by atoms with Gasteiger partial charge in [-0.05, 0) is 6.07 Å². The van der Waals surface area contributed by atoms with Crippen LogP contribution in [0.2, 0.25) is 0 Å². The van der Waals surface area contributed by atoms with Gasteiger partial charge in [0, 0.05) is 71.8 Å². The van der Waals surface area contributed by atoms with Gasteiger partial charge in [-0.2, -0.15) is 10.1 Å². The molecule has 7 nitrogen and oxygen atoms in total. The molecule has 3 rings (SSSR count). The van der Waals surface area contributed by atoms with E-state index in [9.17, 15) is 8.78 Å². The normalized spacial score (nSPS) is 15.8. The van der Waals surface area contributed by atoms with Gasteiger partial charge in [0.1, 0.15) is 11.5 Å². The molecule has 0 N–H and O–H groups in total. The lowest BCUT2D eigenvalue weighted by molar-refractivity contribution is 0.142. The number of rotatable bonds is 5. The number of nitrogens with zero attached hydrogens (tertiary/aromatic N) is 7. The highest BCUT2D eigenvalue weighted by Crippen LogP contribution is 2.23. The van der Waals surface area contributed by atoms with E-state index in [1.54, 1.807) is 19.4 Å². The summed E-state index contributed by atoms with van der Waals surface area (Å²) < 4.78 is 27.6. The van der Waals surface area contributed by atoms with Crippen LogP contribution >= 0.6 is 0 Å². The van der Waals surface area contributed by atoms with Crippen molar-refractivity contribution in [2.24, 2.45) is 7.05 Å². The lowest BCUT2D eigenvalue weighted by Gasteiger charge is -2.35. The molecule has 0 amide bonds. The highest BCUT2D eigenvalue weighted by molar-refractivity contribution is 5.43. The molecule has 2 aromatic heterocycles. The smallest absolute Gasteiger partial charge is 0.282 e. The van der Waals surface area contributed by atoms with E-state index in [2.05, 4.69) is 24.9 Å². The zero-order valence-corrected chi connectivity index (χ0v) is 14.7. The maximum atomic E-state index is 13.1. The van der Waals surface area contributed by atoms with Crippen molar-refractivity contribution in [3.8, 4) is 0 Å². The largest absolute Gasteiger partial charge is 0.354 e. The topological polar surface area (TPSA) is 53.3 Å². The first-order valence-electron chi connectivity index (χ1n) is 8.22. The molecule has 1 fully saturated rings. The van der Waals surface area contributed by atoms with Crippen molar-refractivity contribution < 1.29 is 8.78 Å². The van der Waals surface area contributed by atoms with Gasteiger partial charge in [-0.15, -0.1) is 0 Å². The summed E-state index contributed by atoms with van der Waals surface area (Å²) in [6, 6.07) is 1.90. The van der Waals surface area contributed by atoms with Gasteiger partial charge < -0.3 is 9.80 Å². The lowest BCUT2D eigenvalue weighted by Crippen LogP contribution is -2.46. The Bertz CT molecular complexity index is 708. The Labute approximate surface area is 145 Å². The van der Waals surface area contributed by atoms with E-state index in [0.29, 0.717) is 18.1 Å². The molecule has 136 valence electrons. The summed E-state index contributed by atoms with van der Waals surface area (Å²) in [7, 11) is 5.49. The molecule has 0 atom stereocenters. The fraction of sp³-hybridized carbons (Fsp3) is 0.562. The van der Waals surface area contributed by atoms with Gasteiger partial charge >= 0.3 is 0 Å². The molecule has 0 unspecified atom stereocenters. The lowest BCUT2D eigenvalue weighted by atomic mass is 10.2. The third-order valence-corrected chi connectivity index (χ3v) is 4.26. The molecule has 9 heteroatoms. The zero-order valence-electron chi connectivity index (χ0n) is 14.7. The molecule has 2 aromatic rings. The Morgan fingerprint density at radius 3 is 2.56 bits per heavy atom. The Balaban J connectivity index is 1.62. The van der Waals surface area contributed by atoms with Crippen LogP contribution in [0.1, 0.15) is 17.7 Å². The van der Waals surface area contributed by atoms with E-state index in [1.807, 2.05) is 25.1 Å². The number of halogens is 2. The fourth-order valence-electron chi connectivity index (χ4n) is 2.97. The zero-order chi connectivity index (χ0) is 18.0. The highest BCUT2D eigenvalue weighted by Gasteiger charge is 2.23. The Morgan fingerprint density at radius 2 is 1.92 bits per heavy atom. The van der Waals surface area contributed by atoms with Crippen LogP contribution < -0.4 is 9.80 Å². The second-order valence-electron chi connectivity index (χ2n) is 6.39. The molecular weight excluding hydrogens is 328 g/mol. The van der Waals surface area contributed by atoms with Crippen molar-refractivity contribution in [3.63, 3.8) is 0 Å². The van der Waals surface area contributed by atoms with Crippen molar-refractivity contribution in [1.82, 2.24) is 24.6 Å². The van der Waals surface area contributed by atoms with Crippen LogP contribution in [0.4, 0.5) is 20.5 Å². The standard InChI is InChI=1S/C16H23F2N7/c1-22(2)16-19-5-4-13(20-16)25-8-6-24(7-9-25)11-12-10-23(3)21-14(12)15(17)18/h4-5,10,15H,6-9,11H2,1-3H3. The Hall–Kier alpha value is -2.29. The minimum Gasteiger partial charge on any atom is -0.354 e. The van der Waals surface area contributed by atoms with Crippen LogP contribution in [-0.4, -0.2) is 64.9 Å². The van der Waals surface area contributed by atoms with Crippen LogP contribution in [0.25, 0.3) is 0 Å². The molecular formula is C16H23F2N7. The predicted molar refractivity (Wildman–Crippen MR) is 92.0 cm³/mol. The highest BCUT2D eigenvalue weighted by atomic mass is 19.3. The summed E-state index contributed by atoms with van der Waals surface area (Å²) in [4.78, 5) is 15.0. The quantitative estimate of drug-likeness (QED) is 0.814. The van der Waals surface area contributed by atoms with Gasteiger partial charge in [0.05, 0.1) is 0 Å². The van der Waals surface area contributed by atoms with E-state index < -0.39 is 6.43 Å². The van der Waals surface area contributed by atoms with Gasteiger partial charge in [0.15, 0.2) is 0 Å². The molecule has 0 spiro atoms. The first-order chi connectivity index (χ1) is 11.9. The molecule has 1 aliphatic rings. The molecule has 25 heavy (non-hydrogen) atoms. The van der Waals surface area contributed by atoms with Crippen LogP contribution in [-0.2, 0) is 13.6 Å². The monoisotopic (exact) mass is 351 g/mol. The number of hydrogen-bond acceptors (Lipinski definition) is 6. The van der Waals surface area contributed by atoms with E-state index in [4.69, 9.17) is 0 Å². The second-order valence-corrected chi connectivity index (χ2v) is 6.39. The summed E-state index contributed by atoms with van der Waals surface area (Å²) in [5, 5.41) is 3.87. The molecule has 0 saturated carbocycles. The number of piperazine rings is 1. The van der Waals surface area contributed by atoms with Crippen molar-refractivity contribution in [1.29, 1.82) is 0 Å². The first-order valence-corrected chi connectivity index (χ1v) is 8.22. The van der Waals surface area contributed by atoms with Crippen LogP contribution in [0.5, 0.6) is 0 Å². The molecule has 0 aliphatic carbocycles. The number of alkyl halides is 2. The van der Waals surface area contributed by atoms with Crippen molar-refractivity contribution in [3.05, 3.63) is 29.7 Å². The fourth-order valence-corrected chi connectivity index (χ4v) is 2.97. The Morgan fingerprint density at radius 1 is 1.20 bits per heavy atom. The number of anilines is 2. The van der Waals surface area contributed by atoms with E-state index in [-0.39, 0.29) is 5.69 Å². The summed E-state index contributed by atoms with van der Waals surface area (Å²) in [6.45, 7) is 3.67. The second kappa shape index (κ2) is 7.30. The maximum absolute atomic E-state index is 13.1. The molecule has 0 bridgehead atoms. The van der Waals surface area contributed by atoms with Crippen molar-refractivity contribution in [2.45, 2.75) is 13.0 Å². The maximum Gasteiger partial charge on any atom is 0.282 e. The van der Waals surface area contributed by atoms with Gasteiger partial charge in [-0.25, -0.2) is 13.8 Å². The Kier molecular flexibility index (Phi) is 5.12. The van der Waals surface area contributed by atoms with Crippen molar-refractivity contribution >= 4 is 11.8 Å². The summed E-state index contributed by atoms with van der Waals surface area (Å²) in [5.74, 6) is 1.57. The van der Waals surface area contributed by atoms with Crippen molar-refractivity contribution in [2.75, 3.05) is 50.1 Å². The van der Waals surface area contributed by atoms with E-state index >= 15 is 0 Å². The van der Waals surface area contributed by atoms with E-state index in [0.717, 1.165) is 32.0 Å². The van der Waals surface area contributed by atoms with Gasteiger partial charge in [0.25, 0.3) is 6.43 Å². The van der Waals surface area contributed by atoms with Crippen LogP contribution in [0.15, 0.2) is 18.5 Å². The third kappa shape index (κ3) is 4.04. The number of aryl methyl sites for hydroxylation is 1. The minimum atomic E-state index is -2.54. The summed E-state index contributed by atoms with van der Waals surface area (Å²) >= 11 is 0. The molecule has 0 aromatic carbocycles. The summed E-state index contributed by atoms with van der Waals surface area (Å²) in [6.07, 6.45) is 0.902. The third-order valence-electron chi connectivity index (χ3n) is 4.26. The van der Waals surface area contributed by atoms with Gasteiger partial charge in [-0.3, -0.25) is 9.58 Å². The van der Waals surface area contributed by atoms with Crippen LogP contribution in [0.3, 0.4) is 0 Å². The first kappa shape index (κ1) is 17.5. The molecule has 0 radical (unpaired) electrons. The average molecular weight is 351 g/mol.